The molecule has 3 heteroatoms. The van der Waals surface area contributed by atoms with Crippen molar-refractivity contribution in [2.45, 2.75) is 71.3 Å². The highest BCUT2D eigenvalue weighted by Crippen LogP contribution is 2.67. The molecule has 0 bridgehead atoms. The molecular weight excluding hydrogens is 300 g/mol. The van der Waals surface area contributed by atoms with Crippen LogP contribution in [0.25, 0.3) is 0 Å². The summed E-state index contributed by atoms with van der Waals surface area (Å²) in [6.45, 7) is 4.28. The maximum absolute atomic E-state index is 11.8. The molecule has 0 spiro atoms. The van der Waals surface area contributed by atoms with E-state index in [2.05, 4.69) is 6.92 Å². The lowest BCUT2D eigenvalue weighted by atomic mass is 9.51. The first-order valence-electron chi connectivity index (χ1n) is 9.67. The molecule has 2 N–H and O–H groups in total. The van der Waals surface area contributed by atoms with Gasteiger partial charge in [0.1, 0.15) is 0 Å². The van der Waals surface area contributed by atoms with Crippen LogP contribution in [0, 0.1) is 22.7 Å². The van der Waals surface area contributed by atoms with Gasteiger partial charge in [-0.15, -0.1) is 0 Å². The van der Waals surface area contributed by atoms with Gasteiger partial charge in [0.2, 0.25) is 0 Å². The van der Waals surface area contributed by atoms with Crippen LogP contribution in [-0.4, -0.2) is 28.7 Å². The number of carbonyl (C=O) groups excluding carboxylic acids is 1. The average molecular weight is 330 g/mol. The molecule has 0 amide bonds. The van der Waals surface area contributed by atoms with E-state index in [-0.39, 0.29) is 17.4 Å². The average Bonchev–Trinajstić information content (AvgIpc) is 2.87. The van der Waals surface area contributed by atoms with Crippen LogP contribution in [0.5, 0.6) is 0 Å². The lowest BCUT2D eigenvalue weighted by molar-refractivity contribution is -0.115. The Morgan fingerprint density at radius 2 is 2.00 bits per heavy atom. The number of allylic oxidation sites excluding steroid dienone is 4. The van der Waals surface area contributed by atoms with Gasteiger partial charge in [-0.1, -0.05) is 12.5 Å². The number of ketones is 1. The first-order valence-corrected chi connectivity index (χ1v) is 9.67. The standard InChI is InChI=1S/C21H30O3/c1-13(23)21(12-22)10-8-19-18-5-3-14-11-15(24)4-6-16(14)17(18)7-9-20(19,21)2/h11,13,18-19,22-23H,3-10,12H2,1-2H3/t13-,18+,19-,20-,21-/m0/s1. The summed E-state index contributed by atoms with van der Waals surface area (Å²) in [6, 6.07) is 0. The van der Waals surface area contributed by atoms with Gasteiger partial charge in [-0.3, -0.25) is 4.79 Å². The summed E-state index contributed by atoms with van der Waals surface area (Å²) in [5.41, 5.74) is 4.10. The number of hydrogen-bond acceptors (Lipinski definition) is 3. The molecule has 0 aromatic carbocycles. The van der Waals surface area contributed by atoms with E-state index in [4.69, 9.17) is 0 Å². The van der Waals surface area contributed by atoms with Crippen molar-refractivity contribution >= 4 is 5.78 Å². The highest BCUT2D eigenvalue weighted by molar-refractivity contribution is 5.93. The predicted octanol–water partition coefficient (Wildman–Crippen LogP) is 3.55. The molecule has 5 atom stereocenters. The largest absolute Gasteiger partial charge is 0.396 e. The molecule has 0 radical (unpaired) electrons. The van der Waals surface area contributed by atoms with Crippen molar-refractivity contribution in [2.75, 3.05) is 6.61 Å². The molecule has 4 aliphatic rings. The van der Waals surface area contributed by atoms with Gasteiger partial charge >= 0.3 is 0 Å². The molecule has 2 saturated carbocycles. The first-order chi connectivity index (χ1) is 11.4. The monoisotopic (exact) mass is 330 g/mol. The molecule has 2 fully saturated rings. The van der Waals surface area contributed by atoms with Gasteiger partial charge in [0, 0.05) is 11.8 Å². The van der Waals surface area contributed by atoms with Crippen LogP contribution in [0.3, 0.4) is 0 Å². The second kappa shape index (κ2) is 5.54. The minimum Gasteiger partial charge on any atom is -0.396 e. The smallest absolute Gasteiger partial charge is 0.156 e. The molecule has 4 rings (SSSR count). The number of rotatable bonds is 2. The highest BCUT2D eigenvalue weighted by atomic mass is 16.3. The second-order valence-corrected chi connectivity index (χ2v) is 8.84. The summed E-state index contributed by atoms with van der Waals surface area (Å²) in [5.74, 6) is 1.45. The van der Waals surface area contributed by atoms with E-state index < -0.39 is 6.10 Å². The van der Waals surface area contributed by atoms with Crippen LogP contribution in [0.15, 0.2) is 22.8 Å². The van der Waals surface area contributed by atoms with E-state index in [1.54, 1.807) is 5.57 Å². The summed E-state index contributed by atoms with van der Waals surface area (Å²) in [4.78, 5) is 11.8. The van der Waals surface area contributed by atoms with Gasteiger partial charge in [0.05, 0.1) is 12.7 Å². The number of aliphatic hydroxyl groups excluding tert-OH is 2. The third-order valence-corrected chi connectivity index (χ3v) is 8.24. The van der Waals surface area contributed by atoms with Crippen molar-refractivity contribution in [1.82, 2.24) is 0 Å². The van der Waals surface area contributed by atoms with E-state index in [9.17, 15) is 15.0 Å². The summed E-state index contributed by atoms with van der Waals surface area (Å²) in [7, 11) is 0. The van der Waals surface area contributed by atoms with Crippen molar-refractivity contribution in [3.63, 3.8) is 0 Å². The van der Waals surface area contributed by atoms with Crippen molar-refractivity contribution in [1.29, 1.82) is 0 Å². The lowest BCUT2D eigenvalue weighted by Gasteiger charge is -2.54. The Kier molecular flexibility index (Phi) is 3.81. The van der Waals surface area contributed by atoms with Gasteiger partial charge < -0.3 is 10.2 Å². The molecule has 0 unspecified atom stereocenters. The van der Waals surface area contributed by atoms with Crippen LogP contribution in [-0.2, 0) is 4.79 Å². The van der Waals surface area contributed by atoms with Crippen LogP contribution in [0.4, 0.5) is 0 Å². The Hall–Kier alpha value is -0.930. The Morgan fingerprint density at radius 1 is 1.21 bits per heavy atom. The first kappa shape index (κ1) is 16.5. The van der Waals surface area contributed by atoms with Crippen molar-refractivity contribution < 1.29 is 15.0 Å². The van der Waals surface area contributed by atoms with Crippen LogP contribution in [0.1, 0.15) is 65.2 Å². The molecular formula is C21H30O3. The van der Waals surface area contributed by atoms with E-state index >= 15 is 0 Å². The Labute approximate surface area is 144 Å². The van der Waals surface area contributed by atoms with Crippen LogP contribution in [0.2, 0.25) is 0 Å². The van der Waals surface area contributed by atoms with E-state index in [1.165, 1.54) is 11.1 Å². The van der Waals surface area contributed by atoms with Gasteiger partial charge in [-0.05, 0) is 86.3 Å². The molecule has 24 heavy (non-hydrogen) atoms. The molecule has 0 aromatic rings. The third kappa shape index (κ3) is 2.00. The zero-order valence-electron chi connectivity index (χ0n) is 15.0. The summed E-state index contributed by atoms with van der Waals surface area (Å²) in [6.07, 6.45) is 9.39. The SMILES string of the molecule is C[C@H](O)[C@@]1(CO)CC[C@H]2[C@@H]3CCC4=CC(=O)CCC4=C3CC[C@@]21C. The Balaban J connectivity index is 1.74. The lowest BCUT2D eigenvalue weighted by Crippen LogP contribution is -2.52. The highest BCUT2D eigenvalue weighted by Gasteiger charge is 2.62. The third-order valence-electron chi connectivity index (χ3n) is 8.24. The number of fused-ring (bicyclic) bond motifs is 4. The van der Waals surface area contributed by atoms with E-state index in [1.807, 2.05) is 13.0 Å². The molecule has 0 aromatic heterocycles. The van der Waals surface area contributed by atoms with Gasteiger partial charge in [0.15, 0.2) is 5.78 Å². The second-order valence-electron chi connectivity index (χ2n) is 8.84. The topological polar surface area (TPSA) is 57.5 Å². The summed E-state index contributed by atoms with van der Waals surface area (Å²) in [5, 5.41) is 20.7. The molecule has 4 aliphatic carbocycles. The summed E-state index contributed by atoms with van der Waals surface area (Å²) < 4.78 is 0. The fourth-order valence-corrected chi connectivity index (χ4v) is 6.78. The Morgan fingerprint density at radius 3 is 2.71 bits per heavy atom. The minimum absolute atomic E-state index is 0.0242. The molecule has 0 aliphatic heterocycles. The van der Waals surface area contributed by atoms with Crippen LogP contribution >= 0.6 is 0 Å². The number of hydrogen-bond donors (Lipinski definition) is 2. The quantitative estimate of drug-likeness (QED) is 0.814. The van der Waals surface area contributed by atoms with Crippen molar-refractivity contribution in [2.24, 2.45) is 22.7 Å². The minimum atomic E-state index is -0.460. The number of aliphatic hydroxyl groups is 2. The maximum Gasteiger partial charge on any atom is 0.156 e. The van der Waals surface area contributed by atoms with Crippen molar-refractivity contribution in [3.8, 4) is 0 Å². The van der Waals surface area contributed by atoms with E-state index in [0.717, 1.165) is 44.9 Å². The predicted molar refractivity (Wildman–Crippen MR) is 93.3 cm³/mol. The number of carbonyl (C=O) groups is 1. The van der Waals surface area contributed by atoms with Crippen molar-refractivity contribution in [3.05, 3.63) is 22.8 Å². The van der Waals surface area contributed by atoms with Gasteiger partial charge in [-0.2, -0.15) is 0 Å². The Bertz CT molecular complexity index is 629. The zero-order chi connectivity index (χ0) is 17.1. The maximum atomic E-state index is 11.8. The fraction of sp³-hybridized carbons (Fsp3) is 0.762. The normalized spacial score (nSPS) is 43.0. The summed E-state index contributed by atoms with van der Waals surface area (Å²) >= 11 is 0. The molecule has 3 nitrogen and oxygen atoms in total. The zero-order valence-corrected chi connectivity index (χ0v) is 15.0. The fourth-order valence-electron chi connectivity index (χ4n) is 6.78. The molecule has 132 valence electrons. The van der Waals surface area contributed by atoms with Gasteiger partial charge in [0.25, 0.3) is 0 Å². The van der Waals surface area contributed by atoms with E-state index in [0.29, 0.717) is 24.0 Å². The van der Waals surface area contributed by atoms with Gasteiger partial charge in [-0.25, -0.2) is 0 Å². The molecule has 0 heterocycles. The molecule has 0 saturated heterocycles. The van der Waals surface area contributed by atoms with Crippen LogP contribution < -0.4 is 0 Å².